The Morgan fingerprint density at radius 2 is 1.76 bits per heavy atom. The van der Waals surface area contributed by atoms with Crippen LogP contribution in [0.5, 0.6) is 5.75 Å². The van der Waals surface area contributed by atoms with E-state index in [9.17, 15) is 5.11 Å². The third-order valence-corrected chi connectivity index (χ3v) is 2.79. The average Bonchev–Trinajstić information content (AvgIpc) is 2.29. The van der Waals surface area contributed by atoms with E-state index in [1.165, 1.54) is 5.56 Å². The highest BCUT2D eigenvalue weighted by atomic mass is 16.3. The van der Waals surface area contributed by atoms with E-state index in [1.807, 2.05) is 24.3 Å². The largest absolute Gasteiger partial charge is 0.507 e. The molecular formula is C16H18O. The summed E-state index contributed by atoms with van der Waals surface area (Å²) in [6.45, 7) is 4.43. The van der Waals surface area contributed by atoms with Crippen LogP contribution in [0.15, 0.2) is 48.5 Å². The number of hydrogen-bond donors (Lipinski definition) is 1. The predicted octanol–water partition coefficient (Wildman–Crippen LogP) is 4.26. The monoisotopic (exact) mass is 226 g/mol. The van der Waals surface area contributed by atoms with Crippen LogP contribution in [-0.2, 0) is 6.42 Å². The summed E-state index contributed by atoms with van der Waals surface area (Å²) >= 11 is 0. The van der Waals surface area contributed by atoms with Crippen LogP contribution >= 0.6 is 0 Å². The normalized spacial score (nSPS) is 10.8. The summed E-state index contributed by atoms with van der Waals surface area (Å²) in [6, 6.07) is 15.9. The number of benzene rings is 2. The van der Waals surface area contributed by atoms with E-state index >= 15 is 0 Å². The van der Waals surface area contributed by atoms with Crippen molar-refractivity contribution in [1.29, 1.82) is 0 Å². The van der Waals surface area contributed by atoms with Crippen molar-refractivity contribution in [3.63, 3.8) is 0 Å². The van der Waals surface area contributed by atoms with Gasteiger partial charge in [0.1, 0.15) is 5.75 Å². The summed E-state index contributed by atoms with van der Waals surface area (Å²) in [4.78, 5) is 0. The topological polar surface area (TPSA) is 20.2 Å². The Balaban J connectivity index is 2.37. The third kappa shape index (κ3) is 2.88. The van der Waals surface area contributed by atoms with Crippen molar-refractivity contribution in [2.45, 2.75) is 20.3 Å². The van der Waals surface area contributed by atoms with Crippen molar-refractivity contribution in [3.8, 4) is 16.9 Å². The molecule has 0 aliphatic rings. The summed E-state index contributed by atoms with van der Waals surface area (Å²) in [6.07, 6.45) is 1.07. The molecule has 0 saturated heterocycles. The van der Waals surface area contributed by atoms with Gasteiger partial charge in [0.25, 0.3) is 0 Å². The van der Waals surface area contributed by atoms with Crippen LogP contribution in [-0.4, -0.2) is 5.11 Å². The molecule has 88 valence electrons. The first-order valence-corrected chi connectivity index (χ1v) is 6.04. The van der Waals surface area contributed by atoms with Gasteiger partial charge >= 0.3 is 0 Å². The predicted molar refractivity (Wildman–Crippen MR) is 72.1 cm³/mol. The first kappa shape index (κ1) is 11.7. The number of para-hydroxylation sites is 1. The van der Waals surface area contributed by atoms with Crippen LogP contribution in [0.1, 0.15) is 19.4 Å². The standard InChI is InChI=1S/C16H18O/c1-12(2)10-13-6-5-7-14(11-13)15-8-3-4-9-16(15)17/h3-9,11-12,17H,10H2,1-2H3. The molecule has 2 aromatic rings. The van der Waals surface area contributed by atoms with Crippen LogP contribution < -0.4 is 0 Å². The van der Waals surface area contributed by atoms with Crippen LogP contribution in [0.25, 0.3) is 11.1 Å². The number of phenolic OH excluding ortho intramolecular Hbond substituents is 1. The lowest BCUT2D eigenvalue weighted by atomic mass is 9.97. The minimum atomic E-state index is 0.342. The molecule has 17 heavy (non-hydrogen) atoms. The van der Waals surface area contributed by atoms with Gasteiger partial charge in [-0.3, -0.25) is 0 Å². The highest BCUT2D eigenvalue weighted by Gasteiger charge is 2.04. The highest BCUT2D eigenvalue weighted by molar-refractivity contribution is 5.70. The first-order valence-electron chi connectivity index (χ1n) is 6.04. The molecule has 1 heteroatoms. The number of phenols is 1. The maximum Gasteiger partial charge on any atom is 0.123 e. The van der Waals surface area contributed by atoms with E-state index in [-0.39, 0.29) is 0 Å². The van der Waals surface area contributed by atoms with Gasteiger partial charge in [0, 0.05) is 5.56 Å². The Hall–Kier alpha value is -1.76. The van der Waals surface area contributed by atoms with Crippen LogP contribution in [0.4, 0.5) is 0 Å². The van der Waals surface area contributed by atoms with Gasteiger partial charge in [0.15, 0.2) is 0 Å². The Morgan fingerprint density at radius 1 is 1.00 bits per heavy atom. The zero-order valence-electron chi connectivity index (χ0n) is 10.4. The number of hydrogen-bond acceptors (Lipinski definition) is 1. The van der Waals surface area contributed by atoms with Crippen LogP contribution in [0.3, 0.4) is 0 Å². The van der Waals surface area contributed by atoms with Gasteiger partial charge in [0.2, 0.25) is 0 Å². The summed E-state index contributed by atoms with van der Waals surface area (Å²) in [5.41, 5.74) is 3.31. The van der Waals surface area contributed by atoms with E-state index in [1.54, 1.807) is 6.07 Å². The Kier molecular flexibility index (Phi) is 3.48. The lowest BCUT2D eigenvalue weighted by molar-refractivity contribution is 0.477. The van der Waals surface area contributed by atoms with Crippen molar-refractivity contribution < 1.29 is 5.11 Å². The van der Waals surface area contributed by atoms with Gasteiger partial charge in [-0.25, -0.2) is 0 Å². The van der Waals surface area contributed by atoms with Crippen molar-refractivity contribution in [2.24, 2.45) is 5.92 Å². The molecule has 0 aromatic heterocycles. The van der Waals surface area contributed by atoms with E-state index in [0.29, 0.717) is 11.7 Å². The quantitative estimate of drug-likeness (QED) is 0.829. The summed E-state index contributed by atoms with van der Waals surface area (Å²) < 4.78 is 0. The lowest BCUT2D eigenvalue weighted by Crippen LogP contribution is -1.93. The van der Waals surface area contributed by atoms with Gasteiger partial charge < -0.3 is 5.11 Å². The molecule has 2 aromatic carbocycles. The average molecular weight is 226 g/mol. The summed E-state index contributed by atoms with van der Waals surface area (Å²) in [7, 11) is 0. The molecule has 0 radical (unpaired) electrons. The molecule has 0 unspecified atom stereocenters. The molecule has 2 rings (SSSR count). The lowest BCUT2D eigenvalue weighted by Gasteiger charge is -2.08. The second-order valence-electron chi connectivity index (χ2n) is 4.82. The van der Waals surface area contributed by atoms with Crippen LogP contribution in [0, 0.1) is 5.92 Å². The maximum absolute atomic E-state index is 9.84. The molecule has 0 saturated carbocycles. The Morgan fingerprint density at radius 3 is 2.47 bits per heavy atom. The number of rotatable bonds is 3. The van der Waals surface area contributed by atoms with Crippen LogP contribution in [0.2, 0.25) is 0 Å². The Bertz CT molecular complexity index is 500. The zero-order chi connectivity index (χ0) is 12.3. The molecule has 0 amide bonds. The van der Waals surface area contributed by atoms with Gasteiger partial charge in [0.05, 0.1) is 0 Å². The van der Waals surface area contributed by atoms with Crippen molar-refractivity contribution in [2.75, 3.05) is 0 Å². The number of aromatic hydroxyl groups is 1. The van der Waals surface area contributed by atoms with Crippen molar-refractivity contribution >= 4 is 0 Å². The first-order chi connectivity index (χ1) is 8.16. The third-order valence-electron chi connectivity index (χ3n) is 2.79. The molecular weight excluding hydrogens is 208 g/mol. The van der Waals surface area contributed by atoms with Crippen molar-refractivity contribution in [3.05, 3.63) is 54.1 Å². The minimum Gasteiger partial charge on any atom is -0.507 e. The second kappa shape index (κ2) is 5.05. The molecule has 0 aliphatic carbocycles. The van der Waals surface area contributed by atoms with E-state index in [0.717, 1.165) is 17.5 Å². The maximum atomic E-state index is 9.84. The van der Waals surface area contributed by atoms with E-state index in [2.05, 4.69) is 32.0 Å². The molecule has 0 fully saturated rings. The highest BCUT2D eigenvalue weighted by Crippen LogP contribution is 2.29. The van der Waals surface area contributed by atoms with Gasteiger partial charge in [-0.05, 0) is 29.5 Å². The SMILES string of the molecule is CC(C)Cc1cccc(-c2ccccc2O)c1. The van der Waals surface area contributed by atoms with Gasteiger partial charge in [-0.15, -0.1) is 0 Å². The molecule has 1 N–H and O–H groups in total. The molecule has 0 heterocycles. The molecule has 1 nitrogen and oxygen atoms in total. The van der Waals surface area contributed by atoms with E-state index in [4.69, 9.17) is 0 Å². The Labute approximate surface area is 103 Å². The van der Waals surface area contributed by atoms with E-state index < -0.39 is 0 Å². The molecule has 0 aliphatic heterocycles. The molecule has 0 atom stereocenters. The van der Waals surface area contributed by atoms with Gasteiger partial charge in [-0.2, -0.15) is 0 Å². The fourth-order valence-electron chi connectivity index (χ4n) is 2.05. The zero-order valence-corrected chi connectivity index (χ0v) is 10.4. The summed E-state index contributed by atoms with van der Waals surface area (Å²) in [5, 5.41) is 9.84. The molecule has 0 spiro atoms. The van der Waals surface area contributed by atoms with Crippen molar-refractivity contribution in [1.82, 2.24) is 0 Å². The fourth-order valence-corrected chi connectivity index (χ4v) is 2.05. The smallest absolute Gasteiger partial charge is 0.123 e. The minimum absolute atomic E-state index is 0.342. The fraction of sp³-hybridized carbons (Fsp3) is 0.250. The molecule has 0 bridgehead atoms. The second-order valence-corrected chi connectivity index (χ2v) is 4.82. The summed E-state index contributed by atoms with van der Waals surface area (Å²) in [5.74, 6) is 0.990. The van der Waals surface area contributed by atoms with Gasteiger partial charge in [-0.1, -0.05) is 56.3 Å².